The van der Waals surface area contributed by atoms with E-state index in [9.17, 15) is 19.2 Å². The molecule has 0 saturated heterocycles. The van der Waals surface area contributed by atoms with Crippen LogP contribution in [0.2, 0.25) is 0 Å². The Balaban J connectivity index is 0. The molecule has 3 unspecified atom stereocenters. The molecule has 10 nitrogen and oxygen atoms in total. The Morgan fingerprint density at radius 2 is 1.58 bits per heavy atom. The van der Waals surface area contributed by atoms with Gasteiger partial charge in [-0.1, -0.05) is 23.8 Å². The Hall–Kier alpha value is -3.40. The Morgan fingerprint density at radius 3 is 2.00 bits per heavy atom. The fourth-order valence-corrected chi connectivity index (χ4v) is 2.74. The molecule has 0 aromatic carbocycles. The molecule has 204 valence electrons. The molecule has 3 atom stereocenters. The van der Waals surface area contributed by atoms with Crippen LogP contribution in [0.3, 0.4) is 0 Å². The minimum absolute atomic E-state index is 0.293. The van der Waals surface area contributed by atoms with Gasteiger partial charge in [0.1, 0.15) is 18.3 Å². The first-order valence-electron chi connectivity index (χ1n) is 11.3. The second-order valence-corrected chi connectivity index (χ2v) is 7.39. The minimum atomic E-state index is -0.595. The average molecular weight is 513 g/mol. The van der Waals surface area contributed by atoms with Crippen LogP contribution < -0.4 is 0 Å². The molecular weight excluding hydrogens is 472 g/mol. The molecule has 10 heteroatoms. The second kappa shape index (κ2) is 20.9. The number of ether oxygens (including phenoxy) is 6. The quantitative estimate of drug-likeness (QED) is 0.112. The van der Waals surface area contributed by atoms with Crippen molar-refractivity contribution in [3.05, 3.63) is 48.5 Å². The normalized spacial score (nSPS) is 18.4. The van der Waals surface area contributed by atoms with Crippen LogP contribution in [0.25, 0.3) is 0 Å². The smallest absolute Gasteiger partial charge is 0.333 e. The molecule has 1 rings (SSSR count). The lowest BCUT2D eigenvalue weighted by Gasteiger charge is -2.33. The maximum absolute atomic E-state index is 11.9. The molecule has 0 saturated carbocycles. The molecule has 1 aliphatic rings. The lowest BCUT2D eigenvalue weighted by atomic mass is 9.85. The molecular formula is C26H40O10. The maximum atomic E-state index is 11.9. The summed E-state index contributed by atoms with van der Waals surface area (Å²) in [6.07, 6.45) is 6.93. The van der Waals surface area contributed by atoms with Crippen molar-refractivity contribution >= 4 is 23.9 Å². The van der Waals surface area contributed by atoms with E-state index in [1.807, 2.05) is 19.9 Å². The van der Waals surface area contributed by atoms with Crippen LogP contribution in [-0.2, 0) is 47.6 Å². The van der Waals surface area contributed by atoms with Crippen LogP contribution in [0, 0.1) is 5.92 Å². The van der Waals surface area contributed by atoms with Crippen LogP contribution in [-0.4, -0.2) is 63.5 Å². The van der Waals surface area contributed by atoms with Crippen molar-refractivity contribution < 1.29 is 47.6 Å². The Labute approximate surface area is 213 Å². The van der Waals surface area contributed by atoms with Gasteiger partial charge in [-0.3, -0.25) is 14.4 Å². The molecule has 0 N–H and O–H groups in total. The summed E-state index contributed by atoms with van der Waals surface area (Å²) < 4.78 is 29.0. The SMILES string of the molecule is C=C(C)/C=C/OC.CCOC(=O)/C=C/OC(C)=O.CCOC(=O)C1C(OC)C=C(C)CC1OC(C)=O. The van der Waals surface area contributed by atoms with Crippen molar-refractivity contribution in [2.24, 2.45) is 5.92 Å². The van der Waals surface area contributed by atoms with E-state index in [2.05, 4.69) is 20.8 Å². The van der Waals surface area contributed by atoms with E-state index < -0.39 is 36.0 Å². The molecule has 0 amide bonds. The van der Waals surface area contributed by atoms with Crippen LogP contribution >= 0.6 is 0 Å². The second-order valence-electron chi connectivity index (χ2n) is 7.39. The van der Waals surface area contributed by atoms with Gasteiger partial charge in [0, 0.05) is 27.4 Å². The Bertz CT molecular complexity index is 795. The van der Waals surface area contributed by atoms with Gasteiger partial charge in [0.25, 0.3) is 0 Å². The summed E-state index contributed by atoms with van der Waals surface area (Å²) in [6.45, 7) is 14.1. The van der Waals surface area contributed by atoms with Crippen molar-refractivity contribution in [3.63, 3.8) is 0 Å². The van der Waals surface area contributed by atoms with Crippen molar-refractivity contribution in [1.82, 2.24) is 0 Å². The molecule has 0 aromatic rings. The molecule has 0 aromatic heterocycles. The number of hydrogen-bond acceptors (Lipinski definition) is 10. The zero-order valence-electron chi connectivity index (χ0n) is 22.5. The Morgan fingerprint density at radius 1 is 0.972 bits per heavy atom. The van der Waals surface area contributed by atoms with Crippen molar-refractivity contribution in [2.75, 3.05) is 27.4 Å². The predicted molar refractivity (Wildman–Crippen MR) is 133 cm³/mol. The predicted octanol–water partition coefficient (Wildman–Crippen LogP) is 3.81. The van der Waals surface area contributed by atoms with Gasteiger partial charge in [0.15, 0.2) is 0 Å². The van der Waals surface area contributed by atoms with Gasteiger partial charge in [-0.25, -0.2) is 4.79 Å². The zero-order chi connectivity index (χ0) is 28.1. The van der Waals surface area contributed by atoms with Gasteiger partial charge in [0.05, 0.1) is 38.8 Å². The van der Waals surface area contributed by atoms with Crippen LogP contribution in [0.1, 0.15) is 48.0 Å². The van der Waals surface area contributed by atoms with E-state index in [0.29, 0.717) is 19.6 Å². The first-order chi connectivity index (χ1) is 16.9. The zero-order valence-corrected chi connectivity index (χ0v) is 22.5. The van der Waals surface area contributed by atoms with E-state index in [-0.39, 0.29) is 5.97 Å². The summed E-state index contributed by atoms with van der Waals surface area (Å²) in [5.74, 6) is -2.37. The van der Waals surface area contributed by atoms with Crippen molar-refractivity contribution in [3.8, 4) is 0 Å². The lowest BCUT2D eigenvalue weighted by Crippen LogP contribution is -2.44. The third-order valence-electron chi connectivity index (χ3n) is 4.09. The van der Waals surface area contributed by atoms with Gasteiger partial charge in [-0.15, -0.1) is 0 Å². The largest absolute Gasteiger partial charge is 0.504 e. The third-order valence-corrected chi connectivity index (χ3v) is 4.09. The fraction of sp³-hybridized carbons (Fsp3) is 0.538. The number of hydrogen-bond donors (Lipinski definition) is 0. The van der Waals surface area contributed by atoms with E-state index in [1.165, 1.54) is 21.0 Å². The highest BCUT2D eigenvalue weighted by Gasteiger charge is 2.41. The van der Waals surface area contributed by atoms with Gasteiger partial charge in [0.2, 0.25) is 0 Å². The first kappa shape index (κ1) is 34.8. The number of rotatable bonds is 9. The molecule has 0 heterocycles. The number of methoxy groups -OCH3 is 2. The molecule has 0 spiro atoms. The highest BCUT2D eigenvalue weighted by molar-refractivity contribution is 5.82. The van der Waals surface area contributed by atoms with E-state index in [0.717, 1.165) is 23.5 Å². The summed E-state index contributed by atoms with van der Waals surface area (Å²) >= 11 is 0. The monoisotopic (exact) mass is 512 g/mol. The molecule has 1 aliphatic carbocycles. The Kier molecular flexibility index (Phi) is 20.2. The summed E-state index contributed by atoms with van der Waals surface area (Å²) in [7, 11) is 3.14. The van der Waals surface area contributed by atoms with Gasteiger partial charge >= 0.3 is 23.9 Å². The van der Waals surface area contributed by atoms with Crippen molar-refractivity contribution in [1.29, 1.82) is 0 Å². The van der Waals surface area contributed by atoms with Crippen LogP contribution in [0.4, 0.5) is 0 Å². The maximum Gasteiger partial charge on any atom is 0.333 e. The molecule has 36 heavy (non-hydrogen) atoms. The number of allylic oxidation sites excluding steroid dienone is 2. The van der Waals surface area contributed by atoms with E-state index in [1.54, 1.807) is 33.3 Å². The summed E-state index contributed by atoms with van der Waals surface area (Å²) in [5, 5.41) is 0. The van der Waals surface area contributed by atoms with Crippen molar-refractivity contribution in [2.45, 2.75) is 60.2 Å². The van der Waals surface area contributed by atoms with Crippen LogP contribution in [0.5, 0.6) is 0 Å². The topological polar surface area (TPSA) is 124 Å². The third kappa shape index (κ3) is 18.0. The standard InChI is InChI=1S/C13H20O5.C7H10O4.C6H10O/c1-5-17-13(15)12-10(16-4)6-8(2)7-11(12)18-9(3)14;1-3-10-7(9)4-5-11-6(2)8;1-6(2)4-5-7-3/h6,10-12H,5,7H2,1-4H3;4-5H,3H2,1-2H3;4-5H,1H2,2-3H3/b;2*5-4+. The molecule has 0 radical (unpaired) electrons. The molecule has 0 bridgehead atoms. The highest BCUT2D eigenvalue weighted by Crippen LogP contribution is 2.29. The molecule has 0 aliphatic heterocycles. The highest BCUT2D eigenvalue weighted by atomic mass is 16.6. The summed E-state index contributed by atoms with van der Waals surface area (Å²) in [5.41, 5.74) is 2.04. The van der Waals surface area contributed by atoms with Gasteiger partial charge in [-0.05, 0) is 33.8 Å². The summed E-state index contributed by atoms with van der Waals surface area (Å²) in [4.78, 5) is 43.7. The fourth-order valence-electron chi connectivity index (χ4n) is 2.74. The first-order valence-corrected chi connectivity index (χ1v) is 11.3. The summed E-state index contributed by atoms with van der Waals surface area (Å²) in [6, 6.07) is 0. The number of carbonyl (C=O) groups is 4. The average Bonchev–Trinajstić information content (AvgIpc) is 2.77. The number of carbonyl (C=O) groups excluding carboxylic acids is 4. The van der Waals surface area contributed by atoms with Crippen LogP contribution in [0.15, 0.2) is 48.5 Å². The van der Waals surface area contributed by atoms with E-state index >= 15 is 0 Å². The lowest BCUT2D eigenvalue weighted by molar-refractivity contribution is -0.166. The van der Waals surface area contributed by atoms with E-state index in [4.69, 9.17) is 14.2 Å². The molecule has 0 fully saturated rings. The minimum Gasteiger partial charge on any atom is -0.504 e. The van der Waals surface area contributed by atoms with Gasteiger partial charge in [-0.2, -0.15) is 0 Å². The number of esters is 4. The van der Waals surface area contributed by atoms with Gasteiger partial charge < -0.3 is 28.4 Å².